The summed E-state index contributed by atoms with van der Waals surface area (Å²) in [7, 11) is 3.24. The van der Waals surface area contributed by atoms with Crippen LogP contribution in [0.15, 0.2) is 36.7 Å². The minimum atomic E-state index is -0.738. The van der Waals surface area contributed by atoms with E-state index < -0.39 is 11.4 Å². The highest BCUT2D eigenvalue weighted by Gasteiger charge is 2.41. The van der Waals surface area contributed by atoms with Crippen LogP contribution in [0.4, 0.5) is 16.0 Å². The Morgan fingerprint density at radius 1 is 1.27 bits per heavy atom. The Hall–Kier alpha value is -2.90. The number of rotatable bonds is 5. The Labute approximate surface area is 151 Å². The lowest BCUT2D eigenvalue weighted by molar-refractivity contribution is -0.125. The summed E-state index contributed by atoms with van der Waals surface area (Å²) in [4.78, 5) is 22.6. The van der Waals surface area contributed by atoms with Crippen molar-refractivity contribution >= 4 is 17.5 Å². The van der Waals surface area contributed by atoms with Gasteiger partial charge >= 0.3 is 0 Å². The van der Waals surface area contributed by atoms with Gasteiger partial charge in [0.1, 0.15) is 11.3 Å². The number of aromatic nitrogens is 2. The Kier molecular flexibility index (Phi) is 5.20. The topological polar surface area (TPSA) is 79.4 Å². The fraction of sp³-hybridized carbons (Fsp3) is 0.389. The number of ether oxygens (including phenoxy) is 1. The molecule has 7 nitrogen and oxygen atoms in total. The average molecular weight is 359 g/mol. The van der Waals surface area contributed by atoms with E-state index in [-0.39, 0.29) is 5.91 Å². The number of anilines is 2. The van der Waals surface area contributed by atoms with Crippen LogP contribution in [0, 0.1) is 5.82 Å². The van der Waals surface area contributed by atoms with Crippen LogP contribution in [-0.4, -0.2) is 48.7 Å². The smallest absolute Gasteiger partial charge is 0.245 e. The first-order valence-corrected chi connectivity index (χ1v) is 8.43. The molecule has 1 aromatic heterocycles. The highest BCUT2D eigenvalue weighted by atomic mass is 19.1. The molecular weight excluding hydrogens is 337 g/mol. The molecule has 1 aliphatic rings. The van der Waals surface area contributed by atoms with Gasteiger partial charge in [0, 0.05) is 31.9 Å². The van der Waals surface area contributed by atoms with Crippen LogP contribution in [-0.2, 0) is 4.79 Å². The maximum absolute atomic E-state index is 13.0. The highest BCUT2D eigenvalue weighted by Crippen LogP contribution is 2.30. The minimum Gasteiger partial charge on any atom is -0.497 e. The molecule has 8 heteroatoms. The van der Waals surface area contributed by atoms with E-state index in [0.717, 1.165) is 23.8 Å². The molecule has 0 spiro atoms. The molecule has 1 fully saturated rings. The van der Waals surface area contributed by atoms with Crippen molar-refractivity contribution in [2.45, 2.75) is 18.4 Å². The third-order valence-electron chi connectivity index (χ3n) is 4.62. The van der Waals surface area contributed by atoms with E-state index in [2.05, 4.69) is 20.6 Å². The number of piperidine rings is 1. The molecule has 0 bridgehead atoms. The minimum absolute atomic E-state index is 0.0694. The first-order valence-electron chi connectivity index (χ1n) is 8.43. The Bertz CT molecular complexity index is 760. The van der Waals surface area contributed by atoms with Crippen LogP contribution < -0.4 is 20.3 Å². The van der Waals surface area contributed by atoms with E-state index in [4.69, 9.17) is 4.74 Å². The molecule has 0 unspecified atom stereocenters. The monoisotopic (exact) mass is 359 g/mol. The van der Waals surface area contributed by atoms with Crippen LogP contribution in [0.3, 0.4) is 0 Å². The summed E-state index contributed by atoms with van der Waals surface area (Å²) >= 11 is 0. The van der Waals surface area contributed by atoms with E-state index in [1.54, 1.807) is 14.2 Å². The predicted octanol–water partition coefficient (Wildman–Crippen LogP) is 1.82. The number of hydrogen-bond donors (Lipinski definition) is 2. The number of amides is 1. The standard InChI is InChI=1S/C18H22FN5O2/c1-20-16(25)18(23-14-4-3-5-15(10-14)26-2)6-8-24(9-7-18)17-21-11-13(19)12-22-17/h3-5,10-12,23H,6-9H2,1-2H3,(H,20,25). The number of hydrogen-bond acceptors (Lipinski definition) is 6. The van der Waals surface area contributed by atoms with E-state index in [1.807, 2.05) is 29.2 Å². The molecule has 1 saturated heterocycles. The number of carbonyl (C=O) groups is 1. The molecule has 2 heterocycles. The van der Waals surface area contributed by atoms with Crippen LogP contribution in [0.5, 0.6) is 5.75 Å². The summed E-state index contributed by atoms with van der Waals surface area (Å²) in [6, 6.07) is 7.50. The fourth-order valence-electron chi connectivity index (χ4n) is 3.18. The van der Waals surface area contributed by atoms with Crippen molar-refractivity contribution in [1.29, 1.82) is 0 Å². The van der Waals surface area contributed by atoms with Crippen molar-refractivity contribution in [2.75, 3.05) is 37.5 Å². The summed E-state index contributed by atoms with van der Waals surface area (Å²) in [6.07, 6.45) is 3.42. The zero-order valence-corrected chi connectivity index (χ0v) is 14.8. The van der Waals surface area contributed by atoms with Gasteiger partial charge in [0.15, 0.2) is 5.82 Å². The normalized spacial score (nSPS) is 16.0. The lowest BCUT2D eigenvalue weighted by Crippen LogP contribution is -2.58. The van der Waals surface area contributed by atoms with Gasteiger partial charge < -0.3 is 20.3 Å². The molecule has 1 amide bonds. The van der Waals surface area contributed by atoms with Crippen LogP contribution >= 0.6 is 0 Å². The third-order valence-corrected chi connectivity index (χ3v) is 4.62. The Balaban J connectivity index is 1.77. The number of benzene rings is 1. The maximum Gasteiger partial charge on any atom is 0.245 e. The predicted molar refractivity (Wildman–Crippen MR) is 96.9 cm³/mol. The molecule has 0 radical (unpaired) electrons. The zero-order chi connectivity index (χ0) is 18.6. The highest BCUT2D eigenvalue weighted by molar-refractivity contribution is 5.89. The van der Waals surface area contributed by atoms with E-state index in [0.29, 0.717) is 31.9 Å². The average Bonchev–Trinajstić information content (AvgIpc) is 2.68. The van der Waals surface area contributed by atoms with Crippen molar-refractivity contribution in [3.05, 3.63) is 42.5 Å². The third kappa shape index (κ3) is 3.68. The quantitative estimate of drug-likeness (QED) is 0.848. The van der Waals surface area contributed by atoms with Crippen molar-refractivity contribution in [3.63, 3.8) is 0 Å². The van der Waals surface area contributed by atoms with Crippen LogP contribution in [0.1, 0.15) is 12.8 Å². The van der Waals surface area contributed by atoms with Crippen LogP contribution in [0.2, 0.25) is 0 Å². The molecule has 0 atom stereocenters. The number of likely N-dealkylation sites (N-methyl/N-ethyl adjacent to an activating group) is 1. The summed E-state index contributed by atoms with van der Waals surface area (Å²) in [5.74, 6) is 0.655. The Morgan fingerprint density at radius 3 is 2.58 bits per heavy atom. The van der Waals surface area contributed by atoms with E-state index >= 15 is 0 Å². The molecule has 2 aromatic rings. The van der Waals surface area contributed by atoms with Gasteiger partial charge in [-0.1, -0.05) is 6.07 Å². The number of halogens is 1. The molecule has 3 rings (SSSR count). The zero-order valence-electron chi connectivity index (χ0n) is 14.8. The summed E-state index contributed by atoms with van der Waals surface area (Å²) in [6.45, 7) is 1.16. The molecule has 1 aliphatic heterocycles. The van der Waals surface area contributed by atoms with E-state index in [9.17, 15) is 9.18 Å². The SMILES string of the molecule is CNC(=O)C1(Nc2cccc(OC)c2)CCN(c2ncc(F)cn2)CC1. The van der Waals surface area contributed by atoms with Gasteiger partial charge in [-0.15, -0.1) is 0 Å². The maximum atomic E-state index is 13.0. The number of nitrogens with zero attached hydrogens (tertiary/aromatic N) is 3. The largest absolute Gasteiger partial charge is 0.497 e. The Morgan fingerprint density at radius 2 is 1.96 bits per heavy atom. The van der Waals surface area contributed by atoms with Gasteiger partial charge in [0.2, 0.25) is 11.9 Å². The number of nitrogens with one attached hydrogen (secondary N) is 2. The lowest BCUT2D eigenvalue weighted by Gasteiger charge is -2.41. The molecule has 1 aromatic carbocycles. The van der Waals surface area contributed by atoms with Crippen molar-refractivity contribution in [3.8, 4) is 5.75 Å². The van der Waals surface area contributed by atoms with Gasteiger partial charge in [-0.2, -0.15) is 0 Å². The van der Waals surface area contributed by atoms with Gasteiger partial charge in [-0.05, 0) is 25.0 Å². The molecular formula is C18H22FN5O2. The molecule has 26 heavy (non-hydrogen) atoms. The van der Waals surface area contributed by atoms with Gasteiger partial charge in [0.25, 0.3) is 0 Å². The van der Waals surface area contributed by atoms with Gasteiger partial charge in [-0.25, -0.2) is 14.4 Å². The summed E-state index contributed by atoms with van der Waals surface area (Å²) in [5, 5.41) is 6.14. The summed E-state index contributed by atoms with van der Waals surface area (Å²) in [5.41, 5.74) is 0.0805. The second-order valence-corrected chi connectivity index (χ2v) is 6.21. The second-order valence-electron chi connectivity index (χ2n) is 6.21. The van der Waals surface area contributed by atoms with Gasteiger partial charge in [0.05, 0.1) is 19.5 Å². The molecule has 0 aliphatic carbocycles. The fourth-order valence-corrected chi connectivity index (χ4v) is 3.18. The number of carbonyl (C=O) groups excluding carboxylic acids is 1. The van der Waals surface area contributed by atoms with Crippen LogP contribution in [0.25, 0.3) is 0 Å². The molecule has 138 valence electrons. The molecule has 2 N–H and O–H groups in total. The van der Waals surface area contributed by atoms with Crippen molar-refractivity contribution in [2.24, 2.45) is 0 Å². The first-order chi connectivity index (χ1) is 12.6. The second kappa shape index (κ2) is 7.55. The molecule has 0 saturated carbocycles. The lowest BCUT2D eigenvalue weighted by atomic mass is 9.86. The first kappa shape index (κ1) is 17.9. The number of methoxy groups -OCH3 is 1. The van der Waals surface area contributed by atoms with Crippen molar-refractivity contribution < 1.29 is 13.9 Å². The van der Waals surface area contributed by atoms with Crippen molar-refractivity contribution in [1.82, 2.24) is 15.3 Å². The summed E-state index contributed by atoms with van der Waals surface area (Å²) < 4.78 is 18.3. The van der Waals surface area contributed by atoms with Gasteiger partial charge in [-0.3, -0.25) is 4.79 Å². The van der Waals surface area contributed by atoms with E-state index in [1.165, 1.54) is 0 Å².